The molecule has 29 heavy (non-hydrogen) atoms. The van der Waals surface area contributed by atoms with Crippen LogP contribution in [0.25, 0.3) is 0 Å². The molecule has 2 aromatic rings. The van der Waals surface area contributed by atoms with E-state index < -0.39 is 15.9 Å². The van der Waals surface area contributed by atoms with Crippen molar-refractivity contribution >= 4 is 38.6 Å². The van der Waals surface area contributed by atoms with E-state index >= 15 is 0 Å². The summed E-state index contributed by atoms with van der Waals surface area (Å²) in [5.74, 6) is -0.127. The van der Waals surface area contributed by atoms with Crippen molar-refractivity contribution in [2.24, 2.45) is 0 Å². The fourth-order valence-electron chi connectivity index (χ4n) is 2.97. The quantitative estimate of drug-likeness (QED) is 0.426. The SMILES string of the molecule is CCNC(=O)/C(C#N)=C1/Nc2ccc(NS(=O)(=O)c3cccs3)cc2CC(C)N1. The predicted octanol–water partition coefficient (Wildman–Crippen LogP) is 2.37. The van der Waals surface area contributed by atoms with E-state index in [9.17, 15) is 18.5 Å². The summed E-state index contributed by atoms with van der Waals surface area (Å²) in [6.45, 7) is 4.12. The van der Waals surface area contributed by atoms with E-state index in [0.717, 1.165) is 16.9 Å². The van der Waals surface area contributed by atoms with Crippen LogP contribution in [0.15, 0.2) is 51.3 Å². The van der Waals surface area contributed by atoms with Crippen molar-refractivity contribution in [3.05, 3.63) is 52.7 Å². The highest BCUT2D eigenvalue weighted by molar-refractivity contribution is 7.94. The fourth-order valence-corrected chi connectivity index (χ4v) is 5.01. The number of likely N-dealkylation sites (N-methyl/N-ethyl adjacent to an activating group) is 1. The number of hydrogen-bond acceptors (Lipinski definition) is 7. The van der Waals surface area contributed by atoms with Crippen LogP contribution in [-0.4, -0.2) is 26.9 Å². The van der Waals surface area contributed by atoms with Gasteiger partial charge in [-0.1, -0.05) is 6.07 Å². The van der Waals surface area contributed by atoms with E-state index in [1.165, 1.54) is 0 Å². The predicted molar refractivity (Wildman–Crippen MR) is 113 cm³/mol. The molecule has 1 amide bonds. The molecule has 3 rings (SSSR count). The zero-order chi connectivity index (χ0) is 21.0. The number of rotatable bonds is 5. The monoisotopic (exact) mass is 431 g/mol. The Morgan fingerprint density at radius 1 is 1.38 bits per heavy atom. The largest absolute Gasteiger partial charge is 0.368 e. The molecule has 1 unspecified atom stereocenters. The molecule has 152 valence electrons. The number of nitrogens with zero attached hydrogens (tertiary/aromatic N) is 1. The smallest absolute Gasteiger partial charge is 0.271 e. The molecule has 1 aromatic carbocycles. The molecule has 1 aliphatic rings. The van der Waals surface area contributed by atoms with Crippen molar-refractivity contribution in [3.8, 4) is 6.07 Å². The standard InChI is InChI=1S/C19H21N5O3S2/c1-3-21-19(25)15(11-20)18-22-12(2)9-13-10-14(6-7-16(13)23-18)24-29(26,27)17-5-4-8-28-17/h4-8,10,12,22-24H,3,9H2,1-2H3,(H,21,25)/b18-15+. The average molecular weight is 432 g/mol. The third-order valence-electron chi connectivity index (χ3n) is 4.22. The number of amides is 1. The molecule has 1 atom stereocenters. The van der Waals surface area contributed by atoms with Gasteiger partial charge in [0.1, 0.15) is 16.1 Å². The Kier molecular flexibility index (Phi) is 6.10. The number of benzene rings is 1. The van der Waals surface area contributed by atoms with Crippen LogP contribution < -0.4 is 20.7 Å². The summed E-state index contributed by atoms with van der Waals surface area (Å²) in [6.07, 6.45) is 0.578. The van der Waals surface area contributed by atoms with Gasteiger partial charge in [0, 0.05) is 24.0 Å². The number of hydrogen-bond donors (Lipinski definition) is 4. The molecule has 4 N–H and O–H groups in total. The topological polar surface area (TPSA) is 123 Å². The van der Waals surface area contributed by atoms with Crippen molar-refractivity contribution < 1.29 is 13.2 Å². The second-order valence-corrected chi connectivity index (χ2v) is 9.36. The average Bonchev–Trinajstić information content (AvgIpc) is 3.15. The van der Waals surface area contributed by atoms with Crippen LogP contribution in [-0.2, 0) is 21.2 Å². The fraction of sp³-hybridized carbons (Fsp3) is 0.263. The minimum Gasteiger partial charge on any atom is -0.368 e. The highest BCUT2D eigenvalue weighted by atomic mass is 32.2. The van der Waals surface area contributed by atoms with Crippen LogP contribution in [0.1, 0.15) is 19.4 Å². The van der Waals surface area contributed by atoms with Crippen molar-refractivity contribution in [3.63, 3.8) is 0 Å². The second kappa shape index (κ2) is 8.55. The third kappa shape index (κ3) is 4.70. The number of anilines is 2. The molecule has 1 aliphatic heterocycles. The Labute approximate surface area is 173 Å². The number of carbonyl (C=O) groups excluding carboxylic acids is 1. The van der Waals surface area contributed by atoms with Gasteiger partial charge in [0.2, 0.25) is 0 Å². The molecular formula is C19H21N5O3S2. The van der Waals surface area contributed by atoms with Crippen LogP contribution >= 0.6 is 11.3 Å². The lowest BCUT2D eigenvalue weighted by Crippen LogP contribution is -2.33. The van der Waals surface area contributed by atoms with Crippen molar-refractivity contribution in [2.45, 2.75) is 30.5 Å². The van der Waals surface area contributed by atoms with Gasteiger partial charge in [-0.3, -0.25) is 9.52 Å². The molecule has 0 saturated heterocycles. The summed E-state index contributed by atoms with van der Waals surface area (Å²) in [7, 11) is -3.64. The minimum atomic E-state index is -3.64. The molecule has 8 nitrogen and oxygen atoms in total. The first kappa shape index (κ1) is 20.7. The van der Waals surface area contributed by atoms with E-state index in [0.29, 0.717) is 30.2 Å². The third-order valence-corrected chi connectivity index (χ3v) is 7.00. The van der Waals surface area contributed by atoms with E-state index in [2.05, 4.69) is 20.7 Å². The number of fused-ring (bicyclic) bond motifs is 1. The molecule has 10 heteroatoms. The first-order valence-corrected chi connectivity index (χ1v) is 11.4. The molecule has 0 aliphatic carbocycles. The lowest BCUT2D eigenvalue weighted by Gasteiger charge is -2.15. The Hall–Kier alpha value is -3.03. The van der Waals surface area contributed by atoms with E-state index in [4.69, 9.17) is 0 Å². The molecule has 0 spiro atoms. The first-order valence-electron chi connectivity index (χ1n) is 8.99. The maximum atomic E-state index is 12.5. The number of thiophene rings is 1. The van der Waals surface area contributed by atoms with Crippen LogP contribution in [0.3, 0.4) is 0 Å². The lowest BCUT2D eigenvalue weighted by molar-refractivity contribution is -0.117. The van der Waals surface area contributed by atoms with Gasteiger partial charge in [-0.05, 0) is 55.5 Å². The Morgan fingerprint density at radius 3 is 2.83 bits per heavy atom. The highest BCUT2D eigenvalue weighted by Crippen LogP contribution is 2.28. The summed E-state index contributed by atoms with van der Waals surface area (Å²) < 4.78 is 27.8. The molecule has 0 saturated carbocycles. The van der Waals surface area contributed by atoms with Crippen LogP contribution in [0.4, 0.5) is 11.4 Å². The van der Waals surface area contributed by atoms with Gasteiger partial charge < -0.3 is 16.0 Å². The number of sulfonamides is 1. The minimum absolute atomic E-state index is 0.0333. The van der Waals surface area contributed by atoms with Gasteiger partial charge in [-0.2, -0.15) is 5.26 Å². The van der Waals surface area contributed by atoms with Gasteiger partial charge >= 0.3 is 0 Å². The molecule has 1 aromatic heterocycles. The normalized spacial score (nSPS) is 17.6. The Bertz CT molecular complexity index is 1090. The summed E-state index contributed by atoms with van der Waals surface area (Å²) >= 11 is 1.15. The molecule has 0 radical (unpaired) electrons. The summed E-state index contributed by atoms with van der Waals surface area (Å²) in [5.41, 5.74) is 1.98. The van der Waals surface area contributed by atoms with Crippen molar-refractivity contribution in [1.82, 2.24) is 10.6 Å². The van der Waals surface area contributed by atoms with Gasteiger partial charge in [0.05, 0.1) is 0 Å². The van der Waals surface area contributed by atoms with Gasteiger partial charge in [0.25, 0.3) is 15.9 Å². The molecular weight excluding hydrogens is 410 g/mol. The zero-order valence-corrected chi connectivity index (χ0v) is 17.6. The molecule has 0 bridgehead atoms. The maximum Gasteiger partial charge on any atom is 0.271 e. The lowest BCUT2D eigenvalue weighted by atomic mass is 10.1. The second-order valence-electron chi connectivity index (χ2n) is 6.51. The van der Waals surface area contributed by atoms with Crippen LogP contribution in [0.2, 0.25) is 0 Å². The summed E-state index contributed by atoms with van der Waals surface area (Å²) in [4.78, 5) is 12.2. The summed E-state index contributed by atoms with van der Waals surface area (Å²) in [6, 6.07) is 10.2. The van der Waals surface area contributed by atoms with E-state index in [1.807, 2.05) is 13.0 Å². The van der Waals surface area contributed by atoms with E-state index in [1.54, 1.807) is 42.6 Å². The number of nitrogens with one attached hydrogen (secondary N) is 4. The Balaban J connectivity index is 1.92. The number of nitriles is 1. The van der Waals surface area contributed by atoms with Crippen molar-refractivity contribution in [1.29, 1.82) is 5.26 Å². The molecule has 0 fully saturated rings. The molecule has 2 heterocycles. The first-order chi connectivity index (χ1) is 13.8. The van der Waals surface area contributed by atoms with Gasteiger partial charge in [-0.25, -0.2) is 8.42 Å². The van der Waals surface area contributed by atoms with Gasteiger partial charge in [-0.15, -0.1) is 11.3 Å². The zero-order valence-electron chi connectivity index (χ0n) is 15.9. The summed E-state index contributed by atoms with van der Waals surface area (Å²) in [5, 5.41) is 20.0. The van der Waals surface area contributed by atoms with Crippen molar-refractivity contribution in [2.75, 3.05) is 16.6 Å². The van der Waals surface area contributed by atoms with Crippen LogP contribution in [0.5, 0.6) is 0 Å². The number of carbonyl (C=O) groups is 1. The Morgan fingerprint density at radius 2 is 2.17 bits per heavy atom. The van der Waals surface area contributed by atoms with E-state index in [-0.39, 0.29) is 15.8 Å². The highest BCUT2D eigenvalue weighted by Gasteiger charge is 2.23. The van der Waals surface area contributed by atoms with Gasteiger partial charge in [0.15, 0.2) is 5.57 Å². The van der Waals surface area contributed by atoms with Crippen LogP contribution in [0, 0.1) is 11.3 Å². The maximum absolute atomic E-state index is 12.5.